The minimum absolute atomic E-state index is 0.00746. The van der Waals surface area contributed by atoms with Crippen LogP contribution in [0.3, 0.4) is 0 Å². The molecule has 6 rings (SSSR count). The standard InChI is InChI=1S/C28H23NO3/c30-20-15-19-14-13-18-7-1-2-8-21(18)27(19)29(16-20)28(31)32-17-26-24-11-5-3-9-22(24)23-10-4-6-12-25(23)26/h1-14,20,26,30H,15-17H2. The smallest absolute Gasteiger partial charge is 0.414 e. The molecule has 1 amide bonds. The average molecular weight is 421 g/mol. The molecule has 1 aliphatic carbocycles. The van der Waals surface area contributed by atoms with Crippen LogP contribution in [0.5, 0.6) is 0 Å². The lowest BCUT2D eigenvalue weighted by Gasteiger charge is -2.33. The van der Waals surface area contributed by atoms with Crippen molar-refractivity contribution in [2.45, 2.75) is 18.4 Å². The number of β-amino-alcohol motifs (C(OH)–C–C–N with tert-alkyl or cyclic N) is 1. The summed E-state index contributed by atoms with van der Waals surface area (Å²) < 4.78 is 5.91. The maximum atomic E-state index is 13.3. The monoisotopic (exact) mass is 421 g/mol. The molecule has 0 fully saturated rings. The molecule has 4 nitrogen and oxygen atoms in total. The second kappa shape index (κ2) is 7.50. The fourth-order valence-corrected chi connectivity index (χ4v) is 5.24. The highest BCUT2D eigenvalue weighted by atomic mass is 16.6. The van der Waals surface area contributed by atoms with Crippen LogP contribution in [0.2, 0.25) is 0 Å². The van der Waals surface area contributed by atoms with Crippen molar-refractivity contribution in [1.82, 2.24) is 0 Å². The molecular formula is C28H23NO3. The number of hydrogen-bond donors (Lipinski definition) is 1. The zero-order valence-corrected chi connectivity index (χ0v) is 17.6. The number of benzene rings is 4. The molecule has 4 aromatic rings. The number of amides is 1. The normalized spacial score (nSPS) is 17.0. The Morgan fingerprint density at radius 3 is 2.28 bits per heavy atom. The molecule has 1 N–H and O–H groups in total. The fraction of sp³-hybridized carbons (Fsp3) is 0.179. The van der Waals surface area contributed by atoms with E-state index < -0.39 is 12.2 Å². The van der Waals surface area contributed by atoms with Gasteiger partial charge in [-0.1, -0.05) is 84.9 Å². The van der Waals surface area contributed by atoms with Crippen LogP contribution in [0, 0.1) is 0 Å². The predicted molar refractivity (Wildman–Crippen MR) is 126 cm³/mol. The molecule has 1 heterocycles. The summed E-state index contributed by atoms with van der Waals surface area (Å²) in [5, 5.41) is 12.5. The van der Waals surface area contributed by atoms with Gasteiger partial charge in [-0.15, -0.1) is 0 Å². The zero-order valence-electron chi connectivity index (χ0n) is 17.6. The fourth-order valence-electron chi connectivity index (χ4n) is 5.24. The van der Waals surface area contributed by atoms with Gasteiger partial charge in [0.25, 0.3) is 0 Å². The summed E-state index contributed by atoms with van der Waals surface area (Å²) in [5.74, 6) is 0.00746. The highest BCUT2D eigenvalue weighted by Gasteiger charge is 2.33. The Morgan fingerprint density at radius 2 is 1.53 bits per heavy atom. The molecule has 4 aromatic carbocycles. The number of rotatable bonds is 2. The van der Waals surface area contributed by atoms with Crippen molar-refractivity contribution in [3.8, 4) is 11.1 Å². The quantitative estimate of drug-likeness (QED) is 0.464. The number of anilines is 1. The van der Waals surface area contributed by atoms with Crippen molar-refractivity contribution in [2.24, 2.45) is 0 Å². The maximum Gasteiger partial charge on any atom is 0.414 e. The minimum Gasteiger partial charge on any atom is -0.448 e. The van der Waals surface area contributed by atoms with Crippen LogP contribution >= 0.6 is 0 Å². The summed E-state index contributed by atoms with van der Waals surface area (Å²) in [6, 6.07) is 28.7. The van der Waals surface area contributed by atoms with Gasteiger partial charge in [-0.05, 0) is 33.2 Å². The summed E-state index contributed by atoms with van der Waals surface area (Å²) in [6.45, 7) is 0.497. The molecule has 0 spiro atoms. The van der Waals surface area contributed by atoms with E-state index in [1.165, 1.54) is 22.3 Å². The van der Waals surface area contributed by atoms with Crippen LogP contribution in [0.4, 0.5) is 10.5 Å². The van der Waals surface area contributed by atoms with Crippen LogP contribution in [0.15, 0.2) is 84.9 Å². The van der Waals surface area contributed by atoms with Gasteiger partial charge >= 0.3 is 6.09 Å². The Balaban J connectivity index is 1.32. The number of aliphatic hydroxyl groups is 1. The summed E-state index contributed by atoms with van der Waals surface area (Å²) in [4.78, 5) is 14.9. The van der Waals surface area contributed by atoms with Gasteiger partial charge in [-0.2, -0.15) is 0 Å². The van der Waals surface area contributed by atoms with E-state index in [4.69, 9.17) is 4.74 Å². The Kier molecular flexibility index (Phi) is 4.47. The van der Waals surface area contributed by atoms with E-state index in [1.807, 2.05) is 60.7 Å². The van der Waals surface area contributed by atoms with Crippen molar-refractivity contribution in [3.05, 3.63) is 102 Å². The third-order valence-corrected chi connectivity index (χ3v) is 6.66. The molecule has 32 heavy (non-hydrogen) atoms. The largest absolute Gasteiger partial charge is 0.448 e. The van der Waals surface area contributed by atoms with Gasteiger partial charge in [-0.25, -0.2) is 4.79 Å². The number of aliphatic hydroxyl groups excluding tert-OH is 1. The third kappa shape index (κ3) is 2.99. The minimum atomic E-state index is -0.607. The SMILES string of the molecule is O=C(OCC1c2ccccc2-c2ccccc21)N1CC(O)Cc2ccc3ccccc3c21. The zero-order chi connectivity index (χ0) is 21.7. The van der Waals surface area contributed by atoms with Crippen molar-refractivity contribution in [3.63, 3.8) is 0 Å². The Hall–Kier alpha value is -3.63. The van der Waals surface area contributed by atoms with Gasteiger partial charge in [0.05, 0.1) is 18.3 Å². The van der Waals surface area contributed by atoms with E-state index >= 15 is 0 Å². The first-order valence-electron chi connectivity index (χ1n) is 11.0. The Labute approximate surface area is 186 Å². The van der Waals surface area contributed by atoms with E-state index in [1.54, 1.807) is 4.90 Å². The Morgan fingerprint density at radius 1 is 0.875 bits per heavy atom. The molecule has 0 radical (unpaired) electrons. The number of carbonyl (C=O) groups excluding carboxylic acids is 1. The second-order valence-electron chi connectivity index (χ2n) is 8.57. The van der Waals surface area contributed by atoms with E-state index in [0.717, 1.165) is 22.0 Å². The third-order valence-electron chi connectivity index (χ3n) is 6.66. The van der Waals surface area contributed by atoms with Crippen LogP contribution < -0.4 is 4.90 Å². The molecule has 1 atom stereocenters. The van der Waals surface area contributed by atoms with E-state index in [9.17, 15) is 9.90 Å². The van der Waals surface area contributed by atoms with Crippen molar-refractivity contribution in [2.75, 3.05) is 18.1 Å². The molecular weight excluding hydrogens is 398 g/mol. The molecule has 1 unspecified atom stereocenters. The van der Waals surface area contributed by atoms with Crippen molar-refractivity contribution < 1.29 is 14.6 Å². The number of ether oxygens (including phenoxy) is 1. The van der Waals surface area contributed by atoms with E-state index in [-0.39, 0.29) is 19.1 Å². The molecule has 0 bridgehead atoms. The first-order valence-corrected chi connectivity index (χ1v) is 11.0. The number of carbonyl (C=O) groups is 1. The van der Waals surface area contributed by atoms with Crippen LogP contribution in [0.1, 0.15) is 22.6 Å². The molecule has 158 valence electrons. The lowest BCUT2D eigenvalue weighted by Crippen LogP contribution is -2.43. The van der Waals surface area contributed by atoms with Gasteiger partial charge in [0, 0.05) is 17.7 Å². The summed E-state index contributed by atoms with van der Waals surface area (Å²) in [5.41, 5.74) is 6.60. The number of hydrogen-bond acceptors (Lipinski definition) is 3. The molecule has 0 saturated carbocycles. The lowest BCUT2D eigenvalue weighted by atomic mass is 9.95. The van der Waals surface area contributed by atoms with E-state index in [0.29, 0.717) is 6.42 Å². The molecule has 0 aromatic heterocycles. The highest BCUT2D eigenvalue weighted by molar-refractivity contribution is 6.03. The van der Waals surface area contributed by atoms with Gasteiger partial charge in [-0.3, -0.25) is 4.90 Å². The number of fused-ring (bicyclic) bond motifs is 6. The summed E-state index contributed by atoms with van der Waals surface area (Å²) >= 11 is 0. The van der Waals surface area contributed by atoms with Crippen LogP contribution in [-0.2, 0) is 11.2 Å². The number of nitrogens with zero attached hydrogens (tertiary/aromatic N) is 1. The highest BCUT2D eigenvalue weighted by Crippen LogP contribution is 2.44. The van der Waals surface area contributed by atoms with Crippen LogP contribution in [0.25, 0.3) is 21.9 Å². The van der Waals surface area contributed by atoms with Gasteiger partial charge < -0.3 is 9.84 Å². The molecule has 1 aliphatic heterocycles. The summed E-state index contributed by atoms with van der Waals surface area (Å²) in [6.07, 6.45) is -0.486. The molecule has 4 heteroatoms. The van der Waals surface area contributed by atoms with Gasteiger partial charge in [0.15, 0.2) is 0 Å². The van der Waals surface area contributed by atoms with Crippen molar-refractivity contribution >= 4 is 22.6 Å². The predicted octanol–water partition coefficient (Wildman–Crippen LogP) is 5.51. The lowest BCUT2D eigenvalue weighted by molar-refractivity contribution is 0.136. The van der Waals surface area contributed by atoms with E-state index in [2.05, 4.69) is 24.3 Å². The molecule has 0 saturated heterocycles. The second-order valence-corrected chi connectivity index (χ2v) is 8.57. The summed E-state index contributed by atoms with van der Waals surface area (Å²) in [7, 11) is 0. The van der Waals surface area contributed by atoms with Gasteiger partial charge in [0.2, 0.25) is 0 Å². The first-order chi connectivity index (χ1) is 15.7. The molecule has 2 aliphatic rings. The maximum absolute atomic E-state index is 13.3. The van der Waals surface area contributed by atoms with Crippen LogP contribution in [-0.4, -0.2) is 30.5 Å². The van der Waals surface area contributed by atoms with Crippen molar-refractivity contribution in [1.29, 1.82) is 0 Å². The average Bonchev–Trinajstić information content (AvgIpc) is 3.15. The van der Waals surface area contributed by atoms with Gasteiger partial charge in [0.1, 0.15) is 6.61 Å². The topological polar surface area (TPSA) is 49.8 Å². The first kappa shape index (κ1) is 19.1. The Bertz CT molecular complexity index is 1300.